The summed E-state index contributed by atoms with van der Waals surface area (Å²) in [6.07, 6.45) is 0. The molecule has 0 saturated carbocycles. The fraction of sp³-hybridized carbons (Fsp3) is 0.455. The monoisotopic (exact) mass is 194 g/mol. The standard InChI is InChI=1S/C11H15FN2/c1-9-10(12)3-2-4-11(9)14-7-5-13-6-8-14/h2-4,13H,5-8H2,1H3. The Kier molecular flexibility index (Phi) is 2.68. The number of nitrogens with zero attached hydrogens (tertiary/aromatic N) is 1. The van der Waals surface area contributed by atoms with Crippen molar-refractivity contribution in [1.82, 2.24) is 5.32 Å². The summed E-state index contributed by atoms with van der Waals surface area (Å²) in [6.45, 7) is 5.73. The maximum atomic E-state index is 13.3. The van der Waals surface area contributed by atoms with E-state index in [2.05, 4.69) is 10.2 Å². The lowest BCUT2D eigenvalue weighted by Gasteiger charge is -2.30. The second-order valence-corrected chi connectivity index (χ2v) is 3.62. The number of halogens is 1. The van der Waals surface area contributed by atoms with Gasteiger partial charge in [-0.2, -0.15) is 0 Å². The minimum Gasteiger partial charge on any atom is -0.369 e. The van der Waals surface area contributed by atoms with Crippen molar-refractivity contribution in [1.29, 1.82) is 0 Å². The van der Waals surface area contributed by atoms with Crippen LogP contribution in [0, 0.1) is 12.7 Å². The summed E-state index contributed by atoms with van der Waals surface area (Å²) in [5.74, 6) is -0.110. The first-order chi connectivity index (χ1) is 6.79. The van der Waals surface area contributed by atoms with Crippen LogP contribution in [-0.4, -0.2) is 26.2 Å². The summed E-state index contributed by atoms with van der Waals surface area (Å²) >= 11 is 0. The molecule has 1 aliphatic rings. The first-order valence-corrected chi connectivity index (χ1v) is 5.00. The average molecular weight is 194 g/mol. The van der Waals surface area contributed by atoms with Crippen molar-refractivity contribution in [2.75, 3.05) is 31.1 Å². The van der Waals surface area contributed by atoms with E-state index in [9.17, 15) is 4.39 Å². The summed E-state index contributed by atoms with van der Waals surface area (Å²) in [6, 6.07) is 5.28. The largest absolute Gasteiger partial charge is 0.369 e. The number of anilines is 1. The number of hydrogen-bond donors (Lipinski definition) is 1. The van der Waals surface area contributed by atoms with Gasteiger partial charge in [0.15, 0.2) is 0 Å². The van der Waals surface area contributed by atoms with Crippen molar-refractivity contribution in [3.8, 4) is 0 Å². The molecule has 1 aromatic rings. The number of benzene rings is 1. The summed E-state index contributed by atoms with van der Waals surface area (Å²) in [4.78, 5) is 2.23. The highest BCUT2D eigenvalue weighted by atomic mass is 19.1. The minimum absolute atomic E-state index is 0.110. The highest BCUT2D eigenvalue weighted by Crippen LogP contribution is 2.22. The Morgan fingerprint density at radius 2 is 2.00 bits per heavy atom. The summed E-state index contributed by atoms with van der Waals surface area (Å²) in [5, 5.41) is 3.28. The molecule has 1 heterocycles. The molecule has 2 rings (SSSR count). The van der Waals surface area contributed by atoms with Gasteiger partial charge in [0.25, 0.3) is 0 Å². The van der Waals surface area contributed by atoms with Crippen molar-refractivity contribution < 1.29 is 4.39 Å². The van der Waals surface area contributed by atoms with E-state index in [4.69, 9.17) is 0 Å². The molecule has 0 aromatic heterocycles. The van der Waals surface area contributed by atoms with Crippen LogP contribution >= 0.6 is 0 Å². The van der Waals surface area contributed by atoms with Gasteiger partial charge in [0.2, 0.25) is 0 Å². The van der Waals surface area contributed by atoms with Crippen molar-refractivity contribution in [3.63, 3.8) is 0 Å². The van der Waals surface area contributed by atoms with E-state index >= 15 is 0 Å². The molecular formula is C11H15FN2. The van der Waals surface area contributed by atoms with E-state index in [0.717, 1.165) is 37.4 Å². The molecular weight excluding hydrogens is 179 g/mol. The second kappa shape index (κ2) is 3.96. The van der Waals surface area contributed by atoms with E-state index in [1.807, 2.05) is 13.0 Å². The van der Waals surface area contributed by atoms with Gasteiger partial charge in [0.1, 0.15) is 5.82 Å². The van der Waals surface area contributed by atoms with Crippen LogP contribution in [0.25, 0.3) is 0 Å². The van der Waals surface area contributed by atoms with Gasteiger partial charge < -0.3 is 10.2 Å². The van der Waals surface area contributed by atoms with E-state index in [1.165, 1.54) is 6.07 Å². The first kappa shape index (κ1) is 9.46. The Labute approximate surface area is 83.7 Å². The molecule has 14 heavy (non-hydrogen) atoms. The lowest BCUT2D eigenvalue weighted by molar-refractivity contribution is 0.581. The third-order valence-electron chi connectivity index (χ3n) is 2.70. The lowest BCUT2D eigenvalue weighted by Crippen LogP contribution is -2.43. The Balaban J connectivity index is 2.26. The fourth-order valence-electron chi connectivity index (χ4n) is 1.84. The number of piperazine rings is 1. The van der Waals surface area contributed by atoms with Crippen molar-refractivity contribution in [2.45, 2.75) is 6.92 Å². The van der Waals surface area contributed by atoms with E-state index < -0.39 is 0 Å². The molecule has 0 atom stereocenters. The van der Waals surface area contributed by atoms with Gasteiger partial charge in [-0.3, -0.25) is 0 Å². The van der Waals surface area contributed by atoms with Gasteiger partial charge >= 0.3 is 0 Å². The summed E-state index contributed by atoms with van der Waals surface area (Å²) < 4.78 is 13.3. The molecule has 76 valence electrons. The average Bonchev–Trinajstić information content (AvgIpc) is 2.23. The number of nitrogens with one attached hydrogen (secondary N) is 1. The van der Waals surface area contributed by atoms with Gasteiger partial charge in [0.05, 0.1) is 0 Å². The van der Waals surface area contributed by atoms with Crippen molar-refractivity contribution in [3.05, 3.63) is 29.6 Å². The second-order valence-electron chi connectivity index (χ2n) is 3.62. The number of rotatable bonds is 1. The Morgan fingerprint density at radius 3 is 2.71 bits per heavy atom. The Bertz CT molecular complexity index is 319. The van der Waals surface area contributed by atoms with E-state index in [1.54, 1.807) is 6.07 Å². The summed E-state index contributed by atoms with van der Waals surface area (Å²) in [7, 11) is 0. The molecule has 1 fully saturated rings. The highest BCUT2D eigenvalue weighted by Gasteiger charge is 2.13. The zero-order chi connectivity index (χ0) is 9.97. The van der Waals surface area contributed by atoms with Crippen molar-refractivity contribution >= 4 is 5.69 Å². The van der Waals surface area contributed by atoms with Crippen LogP contribution in [0.1, 0.15) is 5.56 Å². The first-order valence-electron chi connectivity index (χ1n) is 5.00. The molecule has 2 nitrogen and oxygen atoms in total. The van der Waals surface area contributed by atoms with E-state index in [0.29, 0.717) is 0 Å². The normalized spacial score (nSPS) is 17.1. The smallest absolute Gasteiger partial charge is 0.128 e. The van der Waals surface area contributed by atoms with Crippen LogP contribution in [0.15, 0.2) is 18.2 Å². The molecule has 0 spiro atoms. The van der Waals surface area contributed by atoms with Gasteiger partial charge in [-0.15, -0.1) is 0 Å². The van der Waals surface area contributed by atoms with Crippen LogP contribution in [0.5, 0.6) is 0 Å². The summed E-state index contributed by atoms with van der Waals surface area (Å²) in [5.41, 5.74) is 1.79. The van der Waals surface area contributed by atoms with Crippen LogP contribution in [0.4, 0.5) is 10.1 Å². The predicted molar refractivity (Wildman–Crippen MR) is 56.2 cm³/mol. The third kappa shape index (κ3) is 1.73. The minimum atomic E-state index is -0.110. The Morgan fingerprint density at radius 1 is 1.29 bits per heavy atom. The van der Waals surface area contributed by atoms with Crippen molar-refractivity contribution in [2.24, 2.45) is 0 Å². The van der Waals surface area contributed by atoms with Crippen LogP contribution < -0.4 is 10.2 Å². The predicted octanol–water partition coefficient (Wildman–Crippen LogP) is 1.54. The van der Waals surface area contributed by atoms with Gasteiger partial charge in [-0.05, 0) is 19.1 Å². The molecule has 3 heteroatoms. The zero-order valence-electron chi connectivity index (χ0n) is 8.39. The molecule has 1 aliphatic heterocycles. The topological polar surface area (TPSA) is 15.3 Å². The zero-order valence-corrected chi connectivity index (χ0v) is 8.39. The van der Waals surface area contributed by atoms with Gasteiger partial charge in [0, 0.05) is 37.4 Å². The fourth-order valence-corrected chi connectivity index (χ4v) is 1.84. The van der Waals surface area contributed by atoms with Gasteiger partial charge in [-0.25, -0.2) is 4.39 Å². The molecule has 0 amide bonds. The molecule has 0 unspecified atom stereocenters. The molecule has 0 aliphatic carbocycles. The molecule has 0 radical (unpaired) electrons. The highest BCUT2D eigenvalue weighted by molar-refractivity contribution is 5.53. The molecule has 1 aromatic carbocycles. The lowest BCUT2D eigenvalue weighted by atomic mass is 10.1. The maximum absolute atomic E-state index is 13.3. The van der Waals surface area contributed by atoms with Gasteiger partial charge in [-0.1, -0.05) is 6.07 Å². The maximum Gasteiger partial charge on any atom is 0.128 e. The quantitative estimate of drug-likeness (QED) is 0.729. The molecule has 1 N–H and O–H groups in total. The van der Waals surface area contributed by atoms with Crippen LogP contribution in [0.2, 0.25) is 0 Å². The molecule has 0 bridgehead atoms. The Hall–Kier alpha value is -1.09. The number of hydrogen-bond acceptors (Lipinski definition) is 2. The van der Waals surface area contributed by atoms with Crippen LogP contribution in [0.3, 0.4) is 0 Å². The van der Waals surface area contributed by atoms with E-state index in [-0.39, 0.29) is 5.82 Å². The van der Waals surface area contributed by atoms with Crippen LogP contribution in [-0.2, 0) is 0 Å². The molecule has 1 saturated heterocycles. The third-order valence-corrected chi connectivity index (χ3v) is 2.70. The SMILES string of the molecule is Cc1c(F)cccc1N1CCNCC1.